The highest BCUT2D eigenvalue weighted by molar-refractivity contribution is 5.64. The van der Waals surface area contributed by atoms with Gasteiger partial charge < -0.3 is 34.8 Å². The number of hydrogen-bond donors (Lipinski definition) is 3. The molecule has 2 unspecified atom stereocenters. The summed E-state index contributed by atoms with van der Waals surface area (Å²) in [6.07, 6.45) is 3.94. The number of methoxy groups -OCH3 is 1. The smallest absolute Gasteiger partial charge is 0.404 e. The molecular weight excluding hydrogens is 540 g/mol. The number of piperidine rings is 1. The Labute approximate surface area is 246 Å². The van der Waals surface area contributed by atoms with Crippen molar-refractivity contribution in [2.45, 2.75) is 57.1 Å². The van der Waals surface area contributed by atoms with Crippen molar-refractivity contribution in [2.24, 2.45) is 5.92 Å². The number of rotatable bonds is 13. The molecule has 3 atom stereocenters. The van der Waals surface area contributed by atoms with Crippen molar-refractivity contribution in [3.63, 3.8) is 0 Å². The van der Waals surface area contributed by atoms with Gasteiger partial charge in [0.25, 0.3) is 6.20 Å². The zero-order valence-corrected chi connectivity index (χ0v) is 24.4. The molecule has 11 heteroatoms. The molecule has 0 spiro atoms. The molecule has 11 nitrogen and oxygen atoms in total. The average Bonchev–Trinajstić information content (AvgIpc) is 3.43. The van der Waals surface area contributed by atoms with Crippen LogP contribution in [0.3, 0.4) is 0 Å². The Morgan fingerprint density at radius 1 is 1.10 bits per heavy atom. The van der Waals surface area contributed by atoms with Crippen molar-refractivity contribution in [1.82, 2.24) is 15.1 Å². The van der Waals surface area contributed by atoms with E-state index in [0.717, 1.165) is 37.4 Å². The zero-order valence-electron chi connectivity index (χ0n) is 24.4. The van der Waals surface area contributed by atoms with Crippen molar-refractivity contribution in [1.29, 1.82) is 0 Å². The van der Waals surface area contributed by atoms with Gasteiger partial charge in [-0.2, -0.15) is 0 Å². The molecule has 0 aliphatic carbocycles. The Hall–Kier alpha value is -3.83. The predicted octanol–water partition coefficient (Wildman–Crippen LogP) is 4.92. The number of likely N-dealkylation sites (tertiary alicyclic amines) is 2. The largest absolute Gasteiger partial charge is 0.465 e. The molecule has 42 heavy (non-hydrogen) atoms. The molecule has 0 aromatic heterocycles. The molecule has 3 N–H and O–H groups in total. The molecule has 1 amide bonds. The Balaban J connectivity index is 1.64. The van der Waals surface area contributed by atoms with Gasteiger partial charge in [0.05, 0.1) is 16.6 Å². The molecule has 2 aliphatic heterocycles. The monoisotopic (exact) mass is 582 g/mol. The van der Waals surface area contributed by atoms with Crippen molar-refractivity contribution in [2.75, 3.05) is 39.9 Å². The summed E-state index contributed by atoms with van der Waals surface area (Å²) >= 11 is 0. The number of nitrogens with one attached hydrogen (secondary N) is 1. The van der Waals surface area contributed by atoms with E-state index >= 15 is 0 Å². The van der Waals surface area contributed by atoms with Crippen LogP contribution in [0.25, 0.3) is 0 Å². The van der Waals surface area contributed by atoms with Crippen LogP contribution in [0.5, 0.6) is 11.5 Å². The number of aryl methyl sites for hydroxylation is 1. The van der Waals surface area contributed by atoms with E-state index in [4.69, 9.17) is 14.6 Å². The fraction of sp³-hybridized carbons (Fsp3) is 0.516. The lowest BCUT2D eigenvalue weighted by atomic mass is 9.73. The minimum Gasteiger partial charge on any atom is -0.465 e. The maximum atomic E-state index is 12.6. The molecular formula is C31H42N4O7. The Morgan fingerprint density at radius 2 is 1.81 bits per heavy atom. The summed E-state index contributed by atoms with van der Waals surface area (Å²) in [5.41, 5.74) is 0.420. The molecule has 4 rings (SSSR count). The molecule has 2 saturated heterocycles. The number of amides is 1. The van der Waals surface area contributed by atoms with Crippen LogP contribution < -0.4 is 10.1 Å². The van der Waals surface area contributed by atoms with E-state index in [-0.39, 0.29) is 12.0 Å². The first-order valence-electron chi connectivity index (χ1n) is 14.6. The third-order valence-corrected chi connectivity index (χ3v) is 8.30. The average molecular weight is 583 g/mol. The number of para-hydroxylation sites is 2. The standard InChI is InChI=1S/C31H42N4O7/c1-23-10-3-5-13-27(23)42-28-14-6-4-12-26(28)31(38,16-7-8-19-41-2)24-11-9-17-33(20-24)29(22-35(39)40)34-18-15-25(21-34)32-30(36)37/h3-6,10,12-14,22,24-25,32,38H,7-9,11,15-21H2,1-2H3,(H,36,37)/t24?,25?,31-/m0/s1. The second kappa shape index (κ2) is 14.4. The summed E-state index contributed by atoms with van der Waals surface area (Å²) in [5, 5.41) is 36.0. The summed E-state index contributed by atoms with van der Waals surface area (Å²) in [6, 6.07) is 15.0. The van der Waals surface area contributed by atoms with Crippen molar-refractivity contribution < 1.29 is 29.4 Å². The van der Waals surface area contributed by atoms with Gasteiger partial charge in [-0.3, -0.25) is 10.1 Å². The number of carboxylic acid groups (broad SMARTS) is 1. The summed E-state index contributed by atoms with van der Waals surface area (Å²) < 4.78 is 11.7. The SMILES string of the molecule is COCCCC[C@@](O)(c1ccccc1Oc1ccccc1C)C1CCCN(C(=C[N+](=O)[O-])N2CCC(NC(=O)O)C2)C1. The Bertz CT molecular complexity index is 1260. The second-order valence-corrected chi connectivity index (χ2v) is 11.2. The van der Waals surface area contributed by atoms with Gasteiger partial charge >= 0.3 is 6.09 Å². The van der Waals surface area contributed by atoms with E-state index in [1.54, 1.807) is 7.11 Å². The number of unbranched alkanes of at least 4 members (excludes halogenated alkanes) is 1. The second-order valence-electron chi connectivity index (χ2n) is 11.2. The molecule has 2 aliphatic rings. The molecule has 0 radical (unpaired) electrons. The van der Waals surface area contributed by atoms with Crippen LogP contribution in [0.1, 0.15) is 49.7 Å². The topological polar surface area (TPSA) is 138 Å². The van der Waals surface area contributed by atoms with Gasteiger partial charge in [0.2, 0.25) is 0 Å². The van der Waals surface area contributed by atoms with Crippen molar-refractivity contribution in [3.05, 3.63) is 81.8 Å². The maximum Gasteiger partial charge on any atom is 0.404 e. The van der Waals surface area contributed by atoms with Gasteiger partial charge in [-0.1, -0.05) is 36.4 Å². The van der Waals surface area contributed by atoms with E-state index in [1.807, 2.05) is 65.3 Å². The number of benzene rings is 2. The maximum absolute atomic E-state index is 12.6. The minimum absolute atomic E-state index is 0.235. The predicted molar refractivity (Wildman–Crippen MR) is 158 cm³/mol. The fourth-order valence-corrected chi connectivity index (χ4v) is 6.20. The van der Waals surface area contributed by atoms with Crippen LogP contribution in [0.15, 0.2) is 60.6 Å². The normalized spacial score (nSPS) is 20.7. The van der Waals surface area contributed by atoms with Gasteiger partial charge in [0.15, 0.2) is 5.82 Å². The van der Waals surface area contributed by atoms with Crippen LogP contribution in [0.2, 0.25) is 0 Å². The lowest BCUT2D eigenvalue weighted by Crippen LogP contribution is -2.48. The number of nitro groups is 1. The molecule has 2 aromatic carbocycles. The minimum atomic E-state index is -1.26. The van der Waals surface area contributed by atoms with E-state index < -0.39 is 16.6 Å². The van der Waals surface area contributed by atoms with Gasteiger partial charge in [-0.25, -0.2) is 4.79 Å². The van der Waals surface area contributed by atoms with Gasteiger partial charge in [0.1, 0.15) is 11.5 Å². The lowest BCUT2D eigenvalue weighted by molar-refractivity contribution is -0.405. The van der Waals surface area contributed by atoms with Crippen LogP contribution in [-0.4, -0.2) is 77.0 Å². The fourth-order valence-electron chi connectivity index (χ4n) is 6.20. The molecule has 0 saturated carbocycles. The van der Waals surface area contributed by atoms with Crippen LogP contribution >= 0.6 is 0 Å². The number of nitrogens with zero attached hydrogens (tertiary/aromatic N) is 3. The first-order valence-corrected chi connectivity index (χ1v) is 14.6. The molecule has 2 aromatic rings. The molecule has 2 heterocycles. The zero-order chi connectivity index (χ0) is 30.1. The van der Waals surface area contributed by atoms with Crippen molar-refractivity contribution in [3.8, 4) is 11.5 Å². The molecule has 228 valence electrons. The molecule has 2 fully saturated rings. The highest BCUT2D eigenvalue weighted by Crippen LogP contribution is 2.45. The van der Waals surface area contributed by atoms with Crippen LogP contribution in [0, 0.1) is 23.0 Å². The lowest BCUT2D eigenvalue weighted by Gasteiger charge is -2.45. The number of ether oxygens (including phenoxy) is 2. The summed E-state index contributed by atoms with van der Waals surface area (Å²) in [4.78, 5) is 26.3. The van der Waals surface area contributed by atoms with E-state index in [0.29, 0.717) is 68.5 Å². The van der Waals surface area contributed by atoms with E-state index in [1.165, 1.54) is 0 Å². The number of hydrogen-bond acceptors (Lipinski definition) is 8. The van der Waals surface area contributed by atoms with Crippen LogP contribution in [0.4, 0.5) is 4.79 Å². The highest BCUT2D eigenvalue weighted by Gasteiger charge is 2.43. The van der Waals surface area contributed by atoms with E-state index in [2.05, 4.69) is 5.32 Å². The summed E-state index contributed by atoms with van der Waals surface area (Å²) in [5.74, 6) is 1.51. The first kappa shape index (κ1) is 31.1. The van der Waals surface area contributed by atoms with Gasteiger partial charge in [-0.15, -0.1) is 0 Å². The summed E-state index contributed by atoms with van der Waals surface area (Å²) in [6.45, 7) is 4.43. The highest BCUT2D eigenvalue weighted by atomic mass is 16.6. The van der Waals surface area contributed by atoms with E-state index in [9.17, 15) is 20.0 Å². The number of carbonyl (C=O) groups is 1. The van der Waals surface area contributed by atoms with Crippen molar-refractivity contribution >= 4 is 6.09 Å². The quantitative estimate of drug-likeness (QED) is 0.171. The number of aliphatic hydroxyl groups is 1. The summed E-state index contributed by atoms with van der Waals surface area (Å²) in [7, 11) is 1.66. The Kier molecular flexibility index (Phi) is 10.6. The van der Waals surface area contributed by atoms with Gasteiger partial charge in [-0.05, 0) is 63.1 Å². The molecule has 0 bridgehead atoms. The van der Waals surface area contributed by atoms with Gasteiger partial charge in [0, 0.05) is 51.4 Å². The first-order chi connectivity index (χ1) is 20.2. The third-order valence-electron chi connectivity index (χ3n) is 8.30. The van der Waals surface area contributed by atoms with Crippen LogP contribution in [-0.2, 0) is 10.3 Å². The Morgan fingerprint density at radius 3 is 2.52 bits per heavy atom. The third kappa shape index (κ3) is 7.71.